The molecule has 0 aromatic heterocycles. The molecule has 6 nitrogen and oxygen atoms in total. The normalized spacial score (nSPS) is 16.2. The second kappa shape index (κ2) is 8.94. The fraction of sp³-hybridized carbons (Fsp3) is 0.211. The van der Waals surface area contributed by atoms with Crippen LogP contribution in [0.1, 0.15) is 6.42 Å². The molecule has 2 aromatic rings. The lowest BCUT2D eigenvalue weighted by Gasteiger charge is -2.16. The molecule has 0 unspecified atom stereocenters. The van der Waals surface area contributed by atoms with Crippen molar-refractivity contribution in [1.29, 1.82) is 0 Å². The van der Waals surface area contributed by atoms with Crippen molar-refractivity contribution in [2.24, 2.45) is 5.92 Å². The van der Waals surface area contributed by atoms with Gasteiger partial charge in [0.1, 0.15) is 0 Å². The predicted molar refractivity (Wildman–Crippen MR) is 111 cm³/mol. The summed E-state index contributed by atoms with van der Waals surface area (Å²) in [6, 6.07) is 11.8. The first-order valence-corrected chi connectivity index (χ1v) is 9.85. The van der Waals surface area contributed by atoms with Crippen LogP contribution in [0.4, 0.5) is 11.4 Å². The molecule has 1 heterocycles. The lowest BCUT2D eigenvalue weighted by Crippen LogP contribution is -2.28. The average molecular weight is 486 g/mol. The first kappa shape index (κ1) is 20.6. The van der Waals surface area contributed by atoms with Gasteiger partial charge in [0.05, 0.1) is 5.92 Å². The summed E-state index contributed by atoms with van der Waals surface area (Å²) in [5, 5.41) is 3.30. The van der Waals surface area contributed by atoms with Gasteiger partial charge < -0.3 is 15.0 Å². The fourth-order valence-corrected chi connectivity index (χ4v) is 3.60. The molecule has 3 rings (SSSR count). The minimum Gasteiger partial charge on any atom is -0.455 e. The number of nitrogens with one attached hydrogen (secondary N) is 1. The van der Waals surface area contributed by atoms with Gasteiger partial charge in [0.2, 0.25) is 5.91 Å². The third-order valence-electron chi connectivity index (χ3n) is 4.09. The number of carbonyl (C=O) groups is 3. The highest BCUT2D eigenvalue weighted by Crippen LogP contribution is 2.27. The van der Waals surface area contributed by atoms with Gasteiger partial charge in [0.15, 0.2) is 6.61 Å². The third-order valence-corrected chi connectivity index (χ3v) is 5.05. The van der Waals surface area contributed by atoms with E-state index < -0.39 is 24.4 Å². The zero-order chi connectivity index (χ0) is 20.3. The molecule has 1 N–H and O–H groups in total. The maximum Gasteiger partial charge on any atom is 0.311 e. The first-order chi connectivity index (χ1) is 13.3. The number of ether oxygens (including phenoxy) is 1. The molecule has 2 aromatic carbocycles. The highest BCUT2D eigenvalue weighted by Gasteiger charge is 2.36. The molecule has 9 heteroatoms. The van der Waals surface area contributed by atoms with E-state index in [1.165, 1.54) is 23.1 Å². The molecule has 1 saturated heterocycles. The van der Waals surface area contributed by atoms with E-state index in [4.69, 9.17) is 27.9 Å². The molecule has 1 atom stereocenters. The minimum atomic E-state index is -0.621. The molecule has 1 fully saturated rings. The van der Waals surface area contributed by atoms with E-state index in [9.17, 15) is 14.4 Å². The third kappa shape index (κ3) is 5.25. The van der Waals surface area contributed by atoms with Gasteiger partial charge in [-0.25, -0.2) is 0 Å². The van der Waals surface area contributed by atoms with Crippen molar-refractivity contribution in [1.82, 2.24) is 0 Å². The lowest BCUT2D eigenvalue weighted by molar-refractivity contribution is -0.151. The van der Waals surface area contributed by atoms with Crippen LogP contribution in [0.15, 0.2) is 46.9 Å². The summed E-state index contributed by atoms with van der Waals surface area (Å²) in [5.74, 6) is -1.90. The molecule has 0 bridgehead atoms. The van der Waals surface area contributed by atoms with E-state index in [-0.39, 0.29) is 18.9 Å². The monoisotopic (exact) mass is 484 g/mol. The van der Waals surface area contributed by atoms with Crippen molar-refractivity contribution in [3.63, 3.8) is 0 Å². The fourth-order valence-electron chi connectivity index (χ4n) is 2.81. The Balaban J connectivity index is 1.53. The molecule has 0 aliphatic carbocycles. The van der Waals surface area contributed by atoms with Crippen molar-refractivity contribution in [2.45, 2.75) is 6.42 Å². The van der Waals surface area contributed by atoms with Gasteiger partial charge in [-0.3, -0.25) is 14.4 Å². The second-order valence-corrected chi connectivity index (χ2v) is 7.98. The van der Waals surface area contributed by atoms with Gasteiger partial charge in [-0.1, -0.05) is 39.1 Å². The zero-order valence-corrected chi connectivity index (χ0v) is 17.6. The molecular formula is C19H15BrCl2N2O4. The number of carbonyl (C=O) groups excluding carboxylic acids is 3. The van der Waals surface area contributed by atoms with Gasteiger partial charge in [0.25, 0.3) is 5.91 Å². The molecule has 28 heavy (non-hydrogen) atoms. The van der Waals surface area contributed by atoms with Crippen LogP contribution in [0.2, 0.25) is 10.0 Å². The van der Waals surface area contributed by atoms with E-state index in [2.05, 4.69) is 21.2 Å². The van der Waals surface area contributed by atoms with Crippen molar-refractivity contribution in [2.75, 3.05) is 23.4 Å². The van der Waals surface area contributed by atoms with Crippen LogP contribution in [0.3, 0.4) is 0 Å². The van der Waals surface area contributed by atoms with Gasteiger partial charge in [0, 0.05) is 38.9 Å². The number of hydrogen-bond acceptors (Lipinski definition) is 4. The van der Waals surface area contributed by atoms with Crippen LogP contribution in [0, 0.1) is 5.92 Å². The molecule has 0 saturated carbocycles. The van der Waals surface area contributed by atoms with E-state index >= 15 is 0 Å². The van der Waals surface area contributed by atoms with Crippen LogP contribution in [0.5, 0.6) is 0 Å². The number of nitrogens with zero attached hydrogens (tertiary/aromatic N) is 1. The number of amides is 2. The summed E-state index contributed by atoms with van der Waals surface area (Å²) in [7, 11) is 0. The van der Waals surface area contributed by atoms with Crippen LogP contribution in [-0.2, 0) is 19.1 Å². The summed E-state index contributed by atoms with van der Waals surface area (Å²) >= 11 is 15.1. The highest BCUT2D eigenvalue weighted by atomic mass is 79.9. The molecule has 1 aliphatic heterocycles. The molecule has 0 radical (unpaired) electrons. The van der Waals surface area contributed by atoms with E-state index in [1.807, 2.05) is 12.1 Å². The summed E-state index contributed by atoms with van der Waals surface area (Å²) < 4.78 is 5.96. The Morgan fingerprint density at radius 3 is 2.43 bits per heavy atom. The number of rotatable bonds is 5. The standard InChI is InChI=1S/C19H15BrCl2N2O4/c20-12-1-3-16(4-2-12)24-9-11(5-18(24)26)19(27)28-10-17(25)23-15-7-13(21)6-14(22)8-15/h1-4,6-8,11H,5,9-10H2,(H,23,25)/t11-/m0/s1. The predicted octanol–water partition coefficient (Wildman–Crippen LogP) is 4.29. The van der Waals surface area contributed by atoms with Crippen molar-refractivity contribution in [3.8, 4) is 0 Å². The Labute approximate surface area is 179 Å². The minimum absolute atomic E-state index is 0.0421. The van der Waals surface area contributed by atoms with E-state index in [1.54, 1.807) is 12.1 Å². The summed E-state index contributed by atoms with van der Waals surface area (Å²) in [4.78, 5) is 38.0. The average Bonchev–Trinajstić information content (AvgIpc) is 3.01. The van der Waals surface area contributed by atoms with Crippen LogP contribution in [0.25, 0.3) is 0 Å². The number of esters is 1. The highest BCUT2D eigenvalue weighted by molar-refractivity contribution is 9.10. The van der Waals surface area contributed by atoms with Gasteiger partial charge in [-0.2, -0.15) is 0 Å². The Bertz CT molecular complexity index is 900. The quantitative estimate of drug-likeness (QED) is 0.641. The Kier molecular flexibility index (Phi) is 6.59. The van der Waals surface area contributed by atoms with Crippen molar-refractivity contribution < 1.29 is 19.1 Å². The largest absolute Gasteiger partial charge is 0.455 e. The Hall–Kier alpha value is -2.09. The number of hydrogen-bond donors (Lipinski definition) is 1. The molecule has 1 aliphatic rings. The van der Waals surface area contributed by atoms with E-state index in [0.717, 1.165) is 4.47 Å². The zero-order valence-electron chi connectivity index (χ0n) is 14.5. The first-order valence-electron chi connectivity index (χ1n) is 8.30. The van der Waals surface area contributed by atoms with Crippen LogP contribution in [-0.4, -0.2) is 30.9 Å². The van der Waals surface area contributed by atoms with Crippen molar-refractivity contribution >= 4 is 68.3 Å². The molecule has 146 valence electrons. The van der Waals surface area contributed by atoms with Crippen molar-refractivity contribution in [3.05, 3.63) is 57.0 Å². The SMILES string of the molecule is O=C(COC(=O)[C@H]1CC(=O)N(c2ccc(Br)cc2)C1)Nc1cc(Cl)cc(Cl)c1. The summed E-state index contributed by atoms with van der Waals surface area (Å²) in [6.07, 6.45) is 0.0421. The topological polar surface area (TPSA) is 75.7 Å². The van der Waals surface area contributed by atoms with Crippen LogP contribution < -0.4 is 10.2 Å². The maximum atomic E-state index is 12.3. The number of benzene rings is 2. The van der Waals surface area contributed by atoms with Gasteiger partial charge in [-0.15, -0.1) is 0 Å². The van der Waals surface area contributed by atoms with Gasteiger partial charge in [-0.05, 0) is 42.5 Å². The summed E-state index contributed by atoms with van der Waals surface area (Å²) in [5.41, 5.74) is 1.11. The number of anilines is 2. The summed E-state index contributed by atoms with van der Waals surface area (Å²) in [6.45, 7) is -0.253. The lowest BCUT2D eigenvalue weighted by atomic mass is 10.1. The van der Waals surface area contributed by atoms with Gasteiger partial charge >= 0.3 is 5.97 Å². The smallest absolute Gasteiger partial charge is 0.311 e. The second-order valence-electron chi connectivity index (χ2n) is 6.20. The molecule has 2 amide bonds. The number of halogens is 3. The molecular weight excluding hydrogens is 471 g/mol. The van der Waals surface area contributed by atoms with E-state index in [0.29, 0.717) is 21.4 Å². The maximum absolute atomic E-state index is 12.3. The Morgan fingerprint density at radius 2 is 1.79 bits per heavy atom. The molecule has 0 spiro atoms. The Morgan fingerprint density at radius 1 is 1.14 bits per heavy atom. The van der Waals surface area contributed by atoms with Crippen LogP contribution >= 0.6 is 39.1 Å².